The number of rotatable bonds is 22. The van der Waals surface area contributed by atoms with Gasteiger partial charge in [0.1, 0.15) is 59.5 Å². The Bertz CT molecular complexity index is 5600. The Hall–Kier alpha value is -11.1. The van der Waals surface area contributed by atoms with E-state index in [1.807, 2.05) is 0 Å². The Morgan fingerprint density at radius 3 is 1.22 bits per heavy atom. The van der Waals surface area contributed by atoms with Crippen molar-refractivity contribution >= 4 is 110 Å². The normalized spacial score (nSPS) is 14.1. The Balaban J connectivity index is 0.000000190. The minimum atomic E-state index is -5.09. The number of amides is 2. The summed E-state index contributed by atoms with van der Waals surface area (Å²) < 4.78 is 206. The fraction of sp³-hybridized carbons (Fsp3) is 0.265. The number of hydrogen-bond donors (Lipinski definition) is 4. The second kappa shape index (κ2) is 28.9. The predicted molar refractivity (Wildman–Crippen MR) is 374 cm³/mol. The molecule has 0 unspecified atom stereocenters. The van der Waals surface area contributed by atoms with Crippen LogP contribution in [-0.4, -0.2) is 112 Å². The maximum absolute atomic E-state index is 14.6. The van der Waals surface area contributed by atoms with Crippen LogP contribution in [0, 0.1) is 23.3 Å². The van der Waals surface area contributed by atoms with Crippen molar-refractivity contribution in [2.75, 3.05) is 22.0 Å². The number of nitrogens with zero attached hydrogens (tertiary/aromatic N) is 12. The standard InChI is InChI=1S/2C34H28ClF5N8O5S/c2*1-46-30-27(8-6-23(35)29(30)31(44-46)45-54(2,51)52)48-32(42-25-7-5-21(53-34(38,39)40)15-22(25)33(48)50)26(13-17-11-19(36)14-20(37)12-17)41-28(49)16-47-10-9-24(43-47)18-3-4-18/h2*5-12,14-15,18,26H,3-4,13,16H2,1-2H3,(H,41,49)(H,44,45)/t2*26-/m00/s1. The second-order valence-electron chi connectivity index (χ2n) is 25.6. The van der Waals surface area contributed by atoms with E-state index in [9.17, 15) is 79.9 Å². The van der Waals surface area contributed by atoms with E-state index in [4.69, 9.17) is 23.2 Å². The molecule has 0 radical (unpaired) electrons. The number of aromatic nitrogens is 12. The Kier molecular flexibility index (Phi) is 20.1. The molecule has 26 nitrogen and oxygen atoms in total. The number of halogens is 12. The van der Waals surface area contributed by atoms with Crippen LogP contribution in [0.4, 0.5) is 55.5 Å². The van der Waals surface area contributed by atoms with Crippen molar-refractivity contribution in [3.05, 3.63) is 210 Å². The number of ether oxygens (including phenoxy) is 2. The van der Waals surface area contributed by atoms with Crippen molar-refractivity contribution in [3.8, 4) is 22.9 Å². The van der Waals surface area contributed by atoms with Crippen molar-refractivity contribution < 1.29 is 79.8 Å². The van der Waals surface area contributed by atoms with E-state index < -0.39 is 103 Å². The molecule has 0 aliphatic heterocycles. The molecule has 2 saturated carbocycles. The lowest BCUT2D eigenvalue weighted by atomic mass is 10.0. The first kappa shape index (κ1) is 75.1. The van der Waals surface area contributed by atoms with Gasteiger partial charge in [0, 0.05) is 63.3 Å². The van der Waals surface area contributed by atoms with Gasteiger partial charge in [-0.2, -0.15) is 20.4 Å². The zero-order valence-electron chi connectivity index (χ0n) is 56.3. The molecule has 0 bridgehead atoms. The van der Waals surface area contributed by atoms with Gasteiger partial charge in [0.2, 0.25) is 31.9 Å². The Morgan fingerprint density at radius 2 is 0.889 bits per heavy atom. The third-order valence-electron chi connectivity index (χ3n) is 17.0. The van der Waals surface area contributed by atoms with E-state index in [0.717, 1.165) is 119 Å². The van der Waals surface area contributed by atoms with Crippen LogP contribution in [0.2, 0.25) is 10.0 Å². The first-order valence-electron chi connectivity index (χ1n) is 32.3. The van der Waals surface area contributed by atoms with E-state index in [2.05, 4.69) is 59.9 Å². The fourth-order valence-electron chi connectivity index (χ4n) is 12.5. The highest BCUT2D eigenvalue weighted by Gasteiger charge is 2.36. The molecule has 108 heavy (non-hydrogen) atoms. The monoisotopic (exact) mass is 1580 g/mol. The average Bonchev–Trinajstić information content (AvgIpc) is 1.38. The number of carbonyl (C=O) groups is 2. The summed E-state index contributed by atoms with van der Waals surface area (Å²) >= 11 is 13.1. The first-order valence-corrected chi connectivity index (χ1v) is 36.9. The molecule has 0 saturated heterocycles. The molecule has 6 aromatic heterocycles. The van der Waals surface area contributed by atoms with Gasteiger partial charge in [0.15, 0.2) is 11.6 Å². The lowest BCUT2D eigenvalue weighted by molar-refractivity contribution is -0.275. The van der Waals surface area contributed by atoms with Gasteiger partial charge in [-0.3, -0.25) is 56.5 Å². The SMILES string of the molecule is Cn1nc(NS(C)(=O)=O)c2c(Cl)ccc(-n3c([C@H](Cc4cc(F)cc(F)c4)NC(=O)Cn4ccc(C5CC5)n4)nc4ccc(OC(F)(F)F)cc4c3=O)c21.Cn1nc(NS(C)(=O)=O)c2c(Cl)ccc(-n3c([C@H](Cc4cc(F)cc(F)c4)NC(=O)Cn4ccc(C5CC5)n4)nc4ccc(OC(F)(F)F)cc4c3=O)c21. The third kappa shape index (κ3) is 17.1. The molecule has 2 atom stereocenters. The van der Waals surface area contributed by atoms with Crippen LogP contribution in [0.3, 0.4) is 0 Å². The third-order valence-corrected chi connectivity index (χ3v) is 18.8. The van der Waals surface area contributed by atoms with Crippen molar-refractivity contribution in [2.24, 2.45) is 14.1 Å². The largest absolute Gasteiger partial charge is 0.573 e. The topological polar surface area (TPSA) is 310 Å². The molecule has 0 spiro atoms. The smallest absolute Gasteiger partial charge is 0.406 e. The minimum Gasteiger partial charge on any atom is -0.406 e. The average molecular weight is 1580 g/mol. The van der Waals surface area contributed by atoms with Crippen LogP contribution >= 0.6 is 23.2 Å². The molecule has 2 fully saturated rings. The molecule has 2 aliphatic rings. The molecular formula is C68H56Cl2F10N16O10S2. The molecule has 40 heteroatoms. The van der Waals surface area contributed by atoms with Crippen molar-refractivity contribution in [1.82, 2.24) is 68.9 Å². The van der Waals surface area contributed by atoms with Gasteiger partial charge in [0.25, 0.3) is 11.1 Å². The number of fused-ring (bicyclic) bond motifs is 4. The summed E-state index contributed by atoms with van der Waals surface area (Å²) in [5, 5.41) is 22.4. The summed E-state index contributed by atoms with van der Waals surface area (Å²) in [6.07, 6.45) is -1.90. The van der Waals surface area contributed by atoms with Crippen LogP contribution in [0.1, 0.15) is 83.8 Å². The van der Waals surface area contributed by atoms with E-state index in [0.29, 0.717) is 24.0 Å². The summed E-state index contributed by atoms with van der Waals surface area (Å²) in [5.74, 6) is -6.57. The van der Waals surface area contributed by atoms with Gasteiger partial charge in [-0.05, 0) is 134 Å². The highest BCUT2D eigenvalue weighted by molar-refractivity contribution is 7.92. The molecule has 14 rings (SSSR count). The van der Waals surface area contributed by atoms with Gasteiger partial charge in [-0.25, -0.2) is 44.4 Å². The molecule has 2 aliphatic carbocycles. The van der Waals surface area contributed by atoms with Crippen molar-refractivity contribution in [3.63, 3.8) is 0 Å². The van der Waals surface area contributed by atoms with Crippen LogP contribution in [0.15, 0.2) is 131 Å². The van der Waals surface area contributed by atoms with Gasteiger partial charge in [-0.15, -0.1) is 26.3 Å². The number of benzene rings is 6. The van der Waals surface area contributed by atoms with E-state index in [1.165, 1.54) is 57.1 Å². The number of aryl methyl sites for hydroxylation is 2. The highest BCUT2D eigenvalue weighted by atomic mass is 35.5. The summed E-state index contributed by atoms with van der Waals surface area (Å²) in [6, 6.07) is 17.6. The maximum atomic E-state index is 14.6. The van der Waals surface area contributed by atoms with Crippen LogP contribution in [0.25, 0.3) is 55.0 Å². The molecule has 12 aromatic rings. The minimum absolute atomic E-state index is 0.0158. The van der Waals surface area contributed by atoms with Crippen LogP contribution in [0.5, 0.6) is 11.5 Å². The lowest BCUT2D eigenvalue weighted by Crippen LogP contribution is -2.37. The number of carbonyl (C=O) groups excluding carboxylic acids is 2. The molecule has 6 aromatic carbocycles. The number of alkyl halides is 6. The lowest BCUT2D eigenvalue weighted by Gasteiger charge is -2.24. The van der Waals surface area contributed by atoms with Crippen LogP contribution in [-0.2, 0) is 69.7 Å². The van der Waals surface area contributed by atoms with Gasteiger partial charge >= 0.3 is 12.7 Å². The summed E-state index contributed by atoms with van der Waals surface area (Å²) in [4.78, 5) is 65.9. The predicted octanol–water partition coefficient (Wildman–Crippen LogP) is 11.3. The number of sulfonamides is 2. The van der Waals surface area contributed by atoms with Gasteiger partial charge in [0.05, 0.1) is 101 Å². The van der Waals surface area contributed by atoms with E-state index in [-0.39, 0.29) is 125 Å². The van der Waals surface area contributed by atoms with E-state index >= 15 is 0 Å². The highest BCUT2D eigenvalue weighted by Crippen LogP contribution is 2.42. The number of nitrogens with one attached hydrogen (secondary N) is 4. The fourth-order valence-corrected chi connectivity index (χ4v) is 14.0. The second-order valence-corrected chi connectivity index (χ2v) is 29.9. The number of hydrogen-bond acceptors (Lipinski definition) is 16. The molecule has 4 N–H and O–H groups in total. The molecule has 564 valence electrons. The molecular weight excluding hydrogens is 1530 g/mol. The summed E-state index contributed by atoms with van der Waals surface area (Å²) in [6.45, 7) is -0.575. The Labute approximate surface area is 612 Å². The van der Waals surface area contributed by atoms with Crippen LogP contribution < -0.4 is 40.7 Å². The molecule has 6 heterocycles. The molecule has 2 amide bonds. The zero-order valence-corrected chi connectivity index (χ0v) is 59.5. The quantitative estimate of drug-likeness (QED) is 0.0458. The maximum Gasteiger partial charge on any atom is 0.573 e. The van der Waals surface area contributed by atoms with Crippen molar-refractivity contribution in [2.45, 2.75) is 88.3 Å². The summed E-state index contributed by atoms with van der Waals surface area (Å²) in [7, 11) is -4.93. The van der Waals surface area contributed by atoms with Gasteiger partial charge in [-0.1, -0.05) is 23.2 Å². The number of anilines is 2. The van der Waals surface area contributed by atoms with E-state index in [1.54, 1.807) is 24.5 Å². The van der Waals surface area contributed by atoms with Gasteiger partial charge < -0.3 is 20.1 Å². The zero-order chi connectivity index (χ0) is 77.4. The Morgan fingerprint density at radius 1 is 0.528 bits per heavy atom. The van der Waals surface area contributed by atoms with Crippen molar-refractivity contribution in [1.29, 1.82) is 0 Å². The summed E-state index contributed by atoms with van der Waals surface area (Å²) in [5.41, 5.74) is -0.273. The first-order chi connectivity index (χ1) is 50.8.